The molecule has 2 rings (SSSR count). The minimum absolute atomic E-state index is 0.227. The molecule has 2 aromatic heterocycles. The lowest BCUT2D eigenvalue weighted by molar-refractivity contribution is 1.13. The van der Waals surface area contributed by atoms with Crippen molar-refractivity contribution in [3.8, 4) is 11.3 Å². The molecule has 2 aromatic rings. The summed E-state index contributed by atoms with van der Waals surface area (Å²) < 4.78 is 0. The van der Waals surface area contributed by atoms with Crippen molar-refractivity contribution in [2.45, 2.75) is 0 Å². The van der Waals surface area contributed by atoms with E-state index in [9.17, 15) is 4.79 Å². The van der Waals surface area contributed by atoms with E-state index in [1.165, 1.54) is 24.9 Å². The maximum absolute atomic E-state index is 11.3. The smallest absolute Gasteiger partial charge is 0.274 e. The summed E-state index contributed by atoms with van der Waals surface area (Å²) in [7, 11) is 5.44. The number of hydrogen-bond acceptors (Lipinski definition) is 4. The number of aromatic amines is 1. The average Bonchev–Trinajstić information content (AvgIpc) is 2.23. The van der Waals surface area contributed by atoms with Crippen LogP contribution in [0.1, 0.15) is 0 Å². The zero-order valence-electron chi connectivity index (χ0n) is 7.14. The van der Waals surface area contributed by atoms with E-state index in [0.717, 1.165) is 0 Å². The molecule has 0 aliphatic heterocycles. The number of aromatic nitrogens is 4. The number of nitrogens with one attached hydrogen (secondary N) is 1. The molecule has 0 amide bonds. The number of H-pyrrole nitrogens is 1. The Labute approximate surface area is 80.7 Å². The Morgan fingerprint density at radius 1 is 1.29 bits per heavy atom. The minimum Gasteiger partial charge on any atom is -0.326 e. The number of rotatable bonds is 1. The van der Waals surface area contributed by atoms with Crippen LogP contribution in [-0.2, 0) is 0 Å². The molecular formula is C8H5BN4O. The molecule has 2 heterocycles. The van der Waals surface area contributed by atoms with Crippen LogP contribution < -0.4 is 11.2 Å². The molecule has 0 spiro atoms. The first-order chi connectivity index (χ1) is 6.77. The predicted octanol–water partition coefficient (Wildman–Crippen LogP) is -0.979. The Hall–Kier alpha value is -1.98. The molecule has 0 saturated carbocycles. The molecule has 5 nitrogen and oxygen atoms in total. The summed E-state index contributed by atoms with van der Waals surface area (Å²) in [6, 6.07) is 0. The monoisotopic (exact) mass is 184 g/mol. The fraction of sp³-hybridized carbons (Fsp3) is 0. The minimum atomic E-state index is -0.311. The van der Waals surface area contributed by atoms with E-state index in [-0.39, 0.29) is 16.8 Å². The van der Waals surface area contributed by atoms with Crippen molar-refractivity contribution in [2.24, 2.45) is 0 Å². The summed E-state index contributed by atoms with van der Waals surface area (Å²) in [5.41, 5.74) is 0.712. The highest BCUT2D eigenvalue weighted by molar-refractivity contribution is 6.30. The van der Waals surface area contributed by atoms with E-state index in [1.807, 2.05) is 0 Å². The van der Waals surface area contributed by atoms with Crippen molar-refractivity contribution in [2.75, 3.05) is 0 Å². The molecule has 66 valence electrons. The van der Waals surface area contributed by atoms with Gasteiger partial charge in [-0.25, -0.2) is 9.97 Å². The van der Waals surface area contributed by atoms with E-state index in [0.29, 0.717) is 5.56 Å². The summed E-state index contributed by atoms with van der Waals surface area (Å²) in [6.45, 7) is 0. The zero-order valence-corrected chi connectivity index (χ0v) is 7.14. The van der Waals surface area contributed by atoms with Gasteiger partial charge in [0.25, 0.3) is 5.56 Å². The van der Waals surface area contributed by atoms with E-state index in [1.54, 1.807) is 0 Å². The van der Waals surface area contributed by atoms with Crippen molar-refractivity contribution in [1.29, 1.82) is 0 Å². The first-order valence-corrected chi connectivity index (χ1v) is 3.88. The Morgan fingerprint density at radius 3 is 2.71 bits per heavy atom. The largest absolute Gasteiger partial charge is 0.326 e. The Kier molecular flexibility index (Phi) is 2.10. The highest BCUT2D eigenvalue weighted by Gasteiger charge is 2.04. The van der Waals surface area contributed by atoms with Crippen LogP contribution in [0.2, 0.25) is 0 Å². The third kappa shape index (κ3) is 1.54. The van der Waals surface area contributed by atoms with Crippen LogP contribution in [0.4, 0.5) is 0 Å². The fourth-order valence-electron chi connectivity index (χ4n) is 1.04. The lowest BCUT2D eigenvalue weighted by atomic mass is 10.1. The summed E-state index contributed by atoms with van der Waals surface area (Å²) in [5.74, 6) is 0. The van der Waals surface area contributed by atoms with Gasteiger partial charge in [0.15, 0.2) is 0 Å². The fourth-order valence-corrected chi connectivity index (χ4v) is 1.04. The van der Waals surface area contributed by atoms with E-state index in [4.69, 9.17) is 7.85 Å². The van der Waals surface area contributed by atoms with Gasteiger partial charge in [0, 0.05) is 29.7 Å². The Balaban J connectivity index is 2.63. The first kappa shape index (κ1) is 8.62. The van der Waals surface area contributed by atoms with Crippen LogP contribution in [0.25, 0.3) is 11.3 Å². The summed E-state index contributed by atoms with van der Waals surface area (Å²) >= 11 is 0. The maximum atomic E-state index is 11.3. The van der Waals surface area contributed by atoms with Crippen molar-refractivity contribution in [3.05, 3.63) is 35.3 Å². The normalized spacial score (nSPS) is 10.0. The molecular weight excluding hydrogens is 179 g/mol. The molecule has 0 fully saturated rings. The molecule has 0 aliphatic carbocycles. The SMILES string of the molecule is [B]c1c[nH]c(=O)c(-c2cncnc2)n1. The van der Waals surface area contributed by atoms with Crippen LogP contribution in [-0.4, -0.2) is 27.8 Å². The zero-order chi connectivity index (χ0) is 9.97. The second kappa shape index (κ2) is 3.41. The molecule has 0 saturated heterocycles. The standard InChI is InChI=1S/C8H5BN4O/c9-6-3-12-8(14)7(13-6)5-1-10-4-11-2-5/h1-4H,(H,12,14). The molecule has 0 aromatic carbocycles. The lowest BCUT2D eigenvalue weighted by Gasteiger charge is -1.98. The van der Waals surface area contributed by atoms with Gasteiger partial charge in [0.05, 0.1) is 0 Å². The van der Waals surface area contributed by atoms with Gasteiger partial charge in [-0.1, -0.05) is 0 Å². The van der Waals surface area contributed by atoms with E-state index >= 15 is 0 Å². The topological polar surface area (TPSA) is 71.5 Å². The Morgan fingerprint density at radius 2 is 2.00 bits per heavy atom. The van der Waals surface area contributed by atoms with Gasteiger partial charge < -0.3 is 4.98 Å². The number of nitrogens with zero attached hydrogens (tertiary/aromatic N) is 3. The molecule has 6 heteroatoms. The summed E-state index contributed by atoms with van der Waals surface area (Å²) in [6.07, 6.45) is 5.73. The summed E-state index contributed by atoms with van der Waals surface area (Å²) in [5, 5.41) is 0. The van der Waals surface area contributed by atoms with Crippen LogP contribution in [0, 0.1) is 0 Å². The molecule has 1 N–H and O–H groups in total. The van der Waals surface area contributed by atoms with Gasteiger partial charge in [-0.05, 0) is 0 Å². The van der Waals surface area contributed by atoms with Gasteiger partial charge in [-0.2, -0.15) is 0 Å². The molecule has 0 bridgehead atoms. The van der Waals surface area contributed by atoms with Crippen LogP contribution in [0.3, 0.4) is 0 Å². The van der Waals surface area contributed by atoms with E-state index in [2.05, 4.69) is 19.9 Å². The third-order valence-corrected chi connectivity index (χ3v) is 1.64. The second-order valence-electron chi connectivity index (χ2n) is 2.63. The second-order valence-corrected chi connectivity index (χ2v) is 2.63. The van der Waals surface area contributed by atoms with Crippen LogP contribution >= 0.6 is 0 Å². The van der Waals surface area contributed by atoms with Crippen molar-refractivity contribution in [1.82, 2.24) is 19.9 Å². The van der Waals surface area contributed by atoms with Gasteiger partial charge in [-0.15, -0.1) is 0 Å². The van der Waals surface area contributed by atoms with Crippen molar-refractivity contribution < 1.29 is 0 Å². The van der Waals surface area contributed by atoms with Gasteiger partial charge in [0.1, 0.15) is 19.9 Å². The van der Waals surface area contributed by atoms with Gasteiger partial charge in [-0.3, -0.25) is 9.78 Å². The highest BCUT2D eigenvalue weighted by Crippen LogP contribution is 2.06. The van der Waals surface area contributed by atoms with Gasteiger partial charge >= 0.3 is 0 Å². The van der Waals surface area contributed by atoms with E-state index < -0.39 is 0 Å². The molecule has 0 atom stereocenters. The van der Waals surface area contributed by atoms with Gasteiger partial charge in [0.2, 0.25) is 0 Å². The van der Waals surface area contributed by atoms with Crippen molar-refractivity contribution >= 4 is 13.4 Å². The van der Waals surface area contributed by atoms with Crippen molar-refractivity contribution in [3.63, 3.8) is 0 Å². The molecule has 0 aliphatic rings. The Bertz CT molecular complexity index is 496. The molecule has 14 heavy (non-hydrogen) atoms. The summed E-state index contributed by atoms with van der Waals surface area (Å²) in [4.78, 5) is 25.3. The third-order valence-electron chi connectivity index (χ3n) is 1.64. The average molecular weight is 184 g/mol. The van der Waals surface area contributed by atoms with Crippen LogP contribution in [0.15, 0.2) is 29.7 Å². The molecule has 0 unspecified atom stereocenters. The van der Waals surface area contributed by atoms with Crippen LogP contribution in [0.5, 0.6) is 0 Å². The molecule has 2 radical (unpaired) electrons. The number of hydrogen-bond donors (Lipinski definition) is 1. The lowest BCUT2D eigenvalue weighted by Crippen LogP contribution is -2.20. The predicted molar refractivity (Wildman–Crippen MR) is 51.3 cm³/mol. The quantitative estimate of drug-likeness (QED) is 0.578. The first-order valence-electron chi connectivity index (χ1n) is 3.88. The highest BCUT2D eigenvalue weighted by atomic mass is 16.1. The maximum Gasteiger partial charge on any atom is 0.274 e.